The highest BCUT2D eigenvalue weighted by molar-refractivity contribution is 9.10. The van der Waals surface area contributed by atoms with Crippen LogP contribution in [-0.4, -0.2) is 42.8 Å². The summed E-state index contributed by atoms with van der Waals surface area (Å²) in [4.78, 5) is 28.8. The molecular weight excluding hydrogens is 396 g/mol. The molecule has 140 valence electrons. The largest absolute Gasteiger partial charge is 0.488 e. The van der Waals surface area contributed by atoms with Crippen LogP contribution in [0.15, 0.2) is 28.7 Å². The first kappa shape index (κ1) is 20.4. The number of aromatic amines is 1. The number of carbonyl (C=O) groups excluding carboxylic acids is 2. The second-order valence-electron chi connectivity index (χ2n) is 6.67. The molecule has 0 bridgehead atoms. The molecule has 0 spiro atoms. The number of halogens is 1. The molecule has 2 rings (SSSR count). The molecule has 0 saturated heterocycles. The van der Waals surface area contributed by atoms with Gasteiger partial charge in [-0.25, -0.2) is 0 Å². The molecule has 1 unspecified atom stereocenters. The van der Waals surface area contributed by atoms with E-state index in [1.807, 2.05) is 52.1 Å². The number of nitrogens with one attached hydrogen (secondary N) is 2. The van der Waals surface area contributed by atoms with E-state index in [0.29, 0.717) is 24.4 Å². The van der Waals surface area contributed by atoms with Crippen LogP contribution in [0.1, 0.15) is 46.0 Å². The highest BCUT2D eigenvalue weighted by atomic mass is 79.9. The predicted molar refractivity (Wildman–Crippen MR) is 105 cm³/mol. The molecule has 1 heterocycles. The van der Waals surface area contributed by atoms with E-state index in [0.717, 1.165) is 26.4 Å². The minimum atomic E-state index is -0.236. The number of quaternary nitrogens is 1. The minimum Gasteiger partial charge on any atom is -0.488 e. The fourth-order valence-corrected chi connectivity index (χ4v) is 3.31. The van der Waals surface area contributed by atoms with Crippen molar-refractivity contribution in [2.75, 3.05) is 20.2 Å². The van der Waals surface area contributed by atoms with Crippen LogP contribution < -0.4 is 9.64 Å². The van der Waals surface area contributed by atoms with Gasteiger partial charge < -0.3 is 14.6 Å². The van der Waals surface area contributed by atoms with E-state index in [4.69, 9.17) is 4.74 Å². The average molecular weight is 422 g/mol. The fourth-order valence-electron chi connectivity index (χ4n) is 3.04. The first-order chi connectivity index (χ1) is 12.2. The van der Waals surface area contributed by atoms with Crippen molar-refractivity contribution in [3.05, 3.63) is 51.3 Å². The Labute approximate surface area is 162 Å². The van der Waals surface area contributed by atoms with Crippen LogP contribution in [0.3, 0.4) is 0 Å². The monoisotopic (exact) mass is 421 g/mol. The van der Waals surface area contributed by atoms with E-state index in [9.17, 15) is 9.59 Å². The molecule has 6 heteroatoms. The number of hydrogen-bond acceptors (Lipinski definition) is 3. The topological polar surface area (TPSA) is 63.6 Å². The highest BCUT2D eigenvalue weighted by Gasteiger charge is 2.28. The second kappa shape index (κ2) is 8.64. The summed E-state index contributed by atoms with van der Waals surface area (Å²) in [5.41, 5.74) is 2.65. The van der Waals surface area contributed by atoms with Crippen molar-refractivity contribution in [2.45, 2.75) is 33.7 Å². The van der Waals surface area contributed by atoms with Gasteiger partial charge in [-0.15, -0.1) is 0 Å². The standard InChI is InChI=1S/C20H25BrN2O3/c1-12-18(15(4)24)13(2)22-19(12)20(25)14(3)23(5)10-11-26-17-8-6-16(21)7-9-17/h6-9,14,22H,10-11H2,1-5H3/p+1/t14-/m0/s1. The van der Waals surface area contributed by atoms with Gasteiger partial charge in [0, 0.05) is 15.7 Å². The van der Waals surface area contributed by atoms with Gasteiger partial charge in [0.25, 0.3) is 0 Å². The van der Waals surface area contributed by atoms with Crippen LogP contribution in [-0.2, 0) is 0 Å². The van der Waals surface area contributed by atoms with Crippen molar-refractivity contribution in [3.8, 4) is 5.75 Å². The number of likely N-dealkylation sites (N-methyl/N-ethyl adjacent to an activating group) is 1. The number of aromatic nitrogens is 1. The number of rotatable bonds is 8. The Morgan fingerprint density at radius 1 is 1.23 bits per heavy atom. The molecule has 0 aliphatic carbocycles. The van der Waals surface area contributed by atoms with E-state index in [-0.39, 0.29) is 17.6 Å². The summed E-state index contributed by atoms with van der Waals surface area (Å²) in [5, 5.41) is 0. The molecule has 0 fully saturated rings. The number of aryl methyl sites for hydroxylation is 1. The third-order valence-corrected chi connectivity index (χ3v) is 5.28. The molecule has 2 N–H and O–H groups in total. The van der Waals surface area contributed by atoms with Crippen molar-refractivity contribution in [1.29, 1.82) is 0 Å². The molecule has 1 aromatic heterocycles. The highest BCUT2D eigenvalue weighted by Crippen LogP contribution is 2.19. The van der Waals surface area contributed by atoms with E-state index in [1.165, 1.54) is 6.92 Å². The normalized spacial score (nSPS) is 13.3. The molecule has 0 radical (unpaired) electrons. The van der Waals surface area contributed by atoms with Crippen LogP contribution in [0.5, 0.6) is 5.75 Å². The van der Waals surface area contributed by atoms with Crippen LogP contribution in [0.2, 0.25) is 0 Å². The maximum absolute atomic E-state index is 12.9. The van der Waals surface area contributed by atoms with Crippen LogP contribution in [0, 0.1) is 13.8 Å². The average Bonchev–Trinajstić information content (AvgIpc) is 2.89. The Kier molecular flexibility index (Phi) is 6.78. The SMILES string of the molecule is CC(=O)c1c(C)[nH]c(C(=O)[C@H](C)[NH+](C)CCOc2ccc(Br)cc2)c1C. The van der Waals surface area contributed by atoms with E-state index < -0.39 is 0 Å². The maximum Gasteiger partial charge on any atom is 0.235 e. The predicted octanol–water partition coefficient (Wildman–Crippen LogP) is 2.76. The summed E-state index contributed by atoms with van der Waals surface area (Å²) in [5.74, 6) is 0.799. The Morgan fingerprint density at radius 3 is 2.38 bits per heavy atom. The lowest BCUT2D eigenvalue weighted by Gasteiger charge is -2.20. The first-order valence-corrected chi connectivity index (χ1v) is 9.46. The molecule has 0 saturated carbocycles. The summed E-state index contributed by atoms with van der Waals surface area (Å²) >= 11 is 3.39. The van der Waals surface area contributed by atoms with Gasteiger partial charge in [-0.05, 0) is 57.5 Å². The van der Waals surface area contributed by atoms with Gasteiger partial charge >= 0.3 is 0 Å². The van der Waals surface area contributed by atoms with Crippen molar-refractivity contribution in [3.63, 3.8) is 0 Å². The van der Waals surface area contributed by atoms with Crippen molar-refractivity contribution in [2.24, 2.45) is 0 Å². The number of Topliss-reactive ketones (excluding diaryl/α,β-unsaturated/α-hetero) is 2. The number of benzene rings is 1. The van der Waals surface area contributed by atoms with Crippen molar-refractivity contribution >= 4 is 27.5 Å². The lowest BCUT2D eigenvalue weighted by atomic mass is 10.0. The van der Waals surface area contributed by atoms with Crippen LogP contribution in [0.25, 0.3) is 0 Å². The van der Waals surface area contributed by atoms with Crippen LogP contribution >= 0.6 is 15.9 Å². The zero-order valence-corrected chi connectivity index (χ0v) is 17.5. The Bertz CT molecular complexity index is 796. The molecule has 5 nitrogen and oxygen atoms in total. The summed E-state index contributed by atoms with van der Waals surface area (Å²) in [6.07, 6.45) is 0. The zero-order valence-electron chi connectivity index (χ0n) is 15.9. The first-order valence-electron chi connectivity index (χ1n) is 8.67. The van der Waals surface area contributed by atoms with Gasteiger partial charge in [-0.3, -0.25) is 9.59 Å². The summed E-state index contributed by atoms with van der Waals surface area (Å²) in [6.45, 7) is 8.30. The zero-order chi connectivity index (χ0) is 19.4. The van der Waals surface area contributed by atoms with Gasteiger partial charge in [-0.1, -0.05) is 15.9 Å². The lowest BCUT2D eigenvalue weighted by molar-refractivity contribution is -0.893. The van der Waals surface area contributed by atoms with Gasteiger partial charge in [0.05, 0.1) is 12.7 Å². The van der Waals surface area contributed by atoms with E-state index in [2.05, 4.69) is 20.9 Å². The molecule has 2 aromatic rings. The van der Waals surface area contributed by atoms with E-state index in [1.54, 1.807) is 0 Å². The number of carbonyl (C=O) groups is 2. The van der Waals surface area contributed by atoms with E-state index >= 15 is 0 Å². The molecule has 26 heavy (non-hydrogen) atoms. The Hall–Kier alpha value is -1.92. The van der Waals surface area contributed by atoms with Crippen LogP contribution in [0.4, 0.5) is 0 Å². The molecule has 2 atom stereocenters. The molecule has 0 aliphatic heterocycles. The maximum atomic E-state index is 12.9. The number of H-pyrrole nitrogens is 1. The van der Waals surface area contributed by atoms with Gasteiger partial charge in [0.2, 0.25) is 5.78 Å². The second-order valence-corrected chi connectivity index (χ2v) is 7.58. The molecule has 1 aromatic carbocycles. The van der Waals surface area contributed by atoms with Crippen molar-refractivity contribution < 1.29 is 19.2 Å². The third kappa shape index (κ3) is 4.62. The van der Waals surface area contributed by atoms with Crippen molar-refractivity contribution in [1.82, 2.24) is 4.98 Å². The minimum absolute atomic E-state index is 0.0132. The summed E-state index contributed by atoms with van der Waals surface area (Å²) in [6, 6.07) is 7.44. The third-order valence-electron chi connectivity index (χ3n) is 4.75. The fraction of sp³-hybridized carbons (Fsp3) is 0.400. The number of ketones is 2. The number of hydrogen-bond donors (Lipinski definition) is 2. The lowest BCUT2D eigenvalue weighted by Crippen LogP contribution is -3.14. The van der Waals surface area contributed by atoms with Gasteiger partial charge in [-0.2, -0.15) is 0 Å². The number of ether oxygens (including phenoxy) is 1. The smallest absolute Gasteiger partial charge is 0.235 e. The molecular formula is C20H26BrN2O3+. The summed E-state index contributed by atoms with van der Waals surface area (Å²) < 4.78 is 6.75. The Balaban J connectivity index is 1.98. The van der Waals surface area contributed by atoms with Gasteiger partial charge in [0.15, 0.2) is 5.78 Å². The molecule has 0 aliphatic rings. The summed E-state index contributed by atoms with van der Waals surface area (Å²) in [7, 11) is 1.98. The quantitative estimate of drug-likeness (QED) is 0.644. The molecule has 0 amide bonds. The Morgan fingerprint density at radius 2 is 1.85 bits per heavy atom. The van der Waals surface area contributed by atoms with Gasteiger partial charge in [0.1, 0.15) is 24.9 Å².